The summed E-state index contributed by atoms with van der Waals surface area (Å²) in [5, 5.41) is 31.8. The van der Waals surface area contributed by atoms with Gasteiger partial charge in [-0.05, 0) is 42.3 Å². The maximum absolute atomic E-state index is 11.9. The molecular formula is C21H26N4O9. The third-order valence-electron chi connectivity index (χ3n) is 4.32. The van der Waals surface area contributed by atoms with Crippen molar-refractivity contribution in [2.45, 2.75) is 45.3 Å². The van der Waals surface area contributed by atoms with E-state index >= 15 is 0 Å². The summed E-state index contributed by atoms with van der Waals surface area (Å²) in [5.41, 5.74) is 5.63. The minimum absolute atomic E-state index is 0.0595. The highest BCUT2D eigenvalue weighted by molar-refractivity contribution is 6.00. The molecule has 2 aromatic rings. The van der Waals surface area contributed by atoms with Gasteiger partial charge in [0.15, 0.2) is 6.29 Å². The van der Waals surface area contributed by atoms with E-state index in [2.05, 4.69) is 10.1 Å². The first-order valence-electron chi connectivity index (χ1n) is 10.3. The number of esters is 2. The number of aliphatic hydroxyl groups excluding tert-OH is 2. The zero-order valence-corrected chi connectivity index (χ0v) is 18.4. The Bertz CT molecular complexity index is 1050. The summed E-state index contributed by atoms with van der Waals surface area (Å²) in [6.07, 6.45) is -1.76. The molecule has 1 aromatic heterocycles. The molecule has 0 aliphatic heterocycles. The minimum atomic E-state index is -1.89. The predicted molar refractivity (Wildman–Crippen MR) is 117 cm³/mol. The van der Waals surface area contributed by atoms with Crippen molar-refractivity contribution in [1.82, 2.24) is 9.55 Å². The van der Waals surface area contributed by atoms with Crippen molar-refractivity contribution in [3.8, 4) is 5.75 Å². The Hall–Kier alpha value is -3.81. The van der Waals surface area contributed by atoms with E-state index in [0.717, 1.165) is 12.6 Å². The highest BCUT2D eigenvalue weighted by atomic mass is 16.7. The van der Waals surface area contributed by atoms with Crippen molar-refractivity contribution in [2.24, 2.45) is 5.16 Å². The van der Waals surface area contributed by atoms with Gasteiger partial charge in [-0.1, -0.05) is 18.5 Å². The van der Waals surface area contributed by atoms with Crippen LogP contribution < -0.4 is 16.2 Å². The lowest BCUT2D eigenvalue weighted by molar-refractivity contribution is -0.256. The fourth-order valence-corrected chi connectivity index (χ4v) is 2.67. The highest BCUT2D eigenvalue weighted by Gasteiger charge is 2.18. The van der Waals surface area contributed by atoms with Crippen LogP contribution in [0.1, 0.15) is 44.6 Å². The molecular weight excluding hydrogens is 452 g/mol. The molecule has 0 radical (unpaired) electrons. The number of hydrogen-bond donors (Lipinski definition) is 4. The van der Waals surface area contributed by atoms with E-state index < -0.39 is 36.9 Å². The number of aliphatic hydroxyl groups is 2. The van der Waals surface area contributed by atoms with Gasteiger partial charge in [-0.3, -0.25) is 9.59 Å². The van der Waals surface area contributed by atoms with Crippen LogP contribution in [0.4, 0.5) is 5.82 Å². The summed E-state index contributed by atoms with van der Waals surface area (Å²) in [5.74, 6) is -1.31. The van der Waals surface area contributed by atoms with E-state index in [1.807, 2.05) is 6.92 Å². The third kappa shape index (κ3) is 8.27. The fourth-order valence-electron chi connectivity index (χ4n) is 2.67. The second kappa shape index (κ2) is 13.0. The number of nitrogens with two attached hydrogens (primary N) is 1. The Morgan fingerprint density at radius 2 is 1.79 bits per heavy atom. The highest BCUT2D eigenvalue weighted by Crippen LogP contribution is 2.15. The Balaban J connectivity index is 1.73. The summed E-state index contributed by atoms with van der Waals surface area (Å²) in [7, 11) is 0. The van der Waals surface area contributed by atoms with Crippen LogP contribution in [-0.2, 0) is 19.1 Å². The zero-order valence-electron chi connectivity index (χ0n) is 18.4. The van der Waals surface area contributed by atoms with E-state index in [9.17, 15) is 24.6 Å². The molecule has 0 aliphatic carbocycles. The van der Waals surface area contributed by atoms with Gasteiger partial charge in [-0.25, -0.2) is 9.36 Å². The molecule has 1 heterocycles. The first-order valence-corrected chi connectivity index (χ1v) is 10.3. The number of hydrogen-bond acceptors (Lipinski definition) is 12. The van der Waals surface area contributed by atoms with E-state index in [0.29, 0.717) is 22.3 Å². The smallest absolute Gasteiger partial charge is 0.353 e. The Morgan fingerprint density at radius 1 is 1.12 bits per heavy atom. The van der Waals surface area contributed by atoms with Gasteiger partial charge in [-0.2, -0.15) is 4.98 Å². The van der Waals surface area contributed by atoms with Gasteiger partial charge in [-0.15, -0.1) is 0 Å². The van der Waals surface area contributed by atoms with Crippen LogP contribution in [0.5, 0.6) is 5.75 Å². The molecule has 13 heteroatoms. The number of oxime groups is 1. The fraction of sp³-hybridized carbons (Fsp3) is 0.381. The van der Waals surface area contributed by atoms with Crippen LogP contribution in [-0.4, -0.2) is 55.5 Å². The molecule has 5 N–H and O–H groups in total. The number of ether oxygens (including phenoxy) is 3. The minimum Gasteiger partial charge on any atom is -0.460 e. The number of anilines is 1. The van der Waals surface area contributed by atoms with E-state index in [1.165, 1.54) is 18.2 Å². The first kappa shape index (κ1) is 26.4. The number of carbonyl (C=O) groups excluding carboxylic acids is 2. The van der Waals surface area contributed by atoms with Crippen molar-refractivity contribution in [2.75, 3.05) is 12.3 Å². The van der Waals surface area contributed by atoms with Crippen molar-refractivity contribution in [3.63, 3.8) is 0 Å². The normalized spacial score (nSPS) is 13.2. The van der Waals surface area contributed by atoms with Crippen LogP contribution in [0.3, 0.4) is 0 Å². The lowest BCUT2D eigenvalue weighted by Gasteiger charge is -2.18. The zero-order chi connectivity index (χ0) is 25.1. The molecule has 34 heavy (non-hydrogen) atoms. The average molecular weight is 478 g/mol. The standard InChI is InChI=1S/C21H26N4O9/c1-2-3-15(24-31)13-4-6-14(7-5-13)33-18(27)9-8-17(26)32-12-19(28)34-21(30)25-11-10-16(22)23-20(25)29/h4-7,10-11,19,21,28,30-31H,2-3,8-9,12H2,1H3,(H2,22,23,29)/b24-15+. The molecule has 0 spiro atoms. The van der Waals surface area contributed by atoms with Gasteiger partial charge in [0.1, 0.15) is 18.2 Å². The summed E-state index contributed by atoms with van der Waals surface area (Å²) >= 11 is 0. The molecule has 0 fully saturated rings. The van der Waals surface area contributed by atoms with E-state index in [-0.39, 0.29) is 24.4 Å². The number of benzene rings is 1. The summed E-state index contributed by atoms with van der Waals surface area (Å²) in [6, 6.07) is 7.60. The van der Waals surface area contributed by atoms with Gasteiger partial charge in [0.05, 0.1) is 18.6 Å². The predicted octanol–water partition coefficient (Wildman–Crippen LogP) is 0.516. The van der Waals surface area contributed by atoms with Crippen molar-refractivity contribution in [1.29, 1.82) is 0 Å². The molecule has 2 rings (SSSR count). The molecule has 2 atom stereocenters. The lowest BCUT2D eigenvalue weighted by atomic mass is 10.1. The molecule has 0 bridgehead atoms. The van der Waals surface area contributed by atoms with Gasteiger partial charge >= 0.3 is 17.6 Å². The number of aromatic nitrogens is 2. The van der Waals surface area contributed by atoms with Crippen LogP contribution in [0.15, 0.2) is 46.5 Å². The maximum Gasteiger partial charge on any atom is 0.353 e. The van der Waals surface area contributed by atoms with E-state index in [4.69, 9.17) is 25.2 Å². The molecule has 2 unspecified atom stereocenters. The molecule has 1 aromatic carbocycles. The quantitative estimate of drug-likeness (QED) is 0.0828. The molecule has 0 saturated heterocycles. The number of carbonyl (C=O) groups is 2. The second-order valence-electron chi connectivity index (χ2n) is 6.94. The topological polar surface area (TPSA) is 196 Å². The molecule has 13 nitrogen and oxygen atoms in total. The summed E-state index contributed by atoms with van der Waals surface area (Å²) in [4.78, 5) is 38.7. The van der Waals surface area contributed by atoms with Gasteiger partial charge in [0.25, 0.3) is 0 Å². The molecule has 0 aliphatic rings. The molecule has 0 amide bonds. The lowest BCUT2D eigenvalue weighted by Crippen LogP contribution is -2.32. The SMILES string of the molecule is CCC/C(=N\O)c1ccc(OC(=O)CCC(=O)OCC(O)OC(O)n2ccc(N)nc2=O)cc1. The van der Waals surface area contributed by atoms with Gasteiger partial charge < -0.3 is 35.4 Å². The van der Waals surface area contributed by atoms with Crippen LogP contribution in [0, 0.1) is 0 Å². The van der Waals surface area contributed by atoms with Crippen LogP contribution in [0.25, 0.3) is 0 Å². The van der Waals surface area contributed by atoms with Crippen molar-refractivity contribution in [3.05, 3.63) is 52.6 Å². The Kier molecular flexibility index (Phi) is 10.1. The molecule has 0 saturated carbocycles. The van der Waals surface area contributed by atoms with Crippen molar-refractivity contribution >= 4 is 23.5 Å². The summed E-state index contributed by atoms with van der Waals surface area (Å²) < 4.78 is 15.3. The average Bonchev–Trinajstić information content (AvgIpc) is 2.80. The maximum atomic E-state index is 11.9. The van der Waals surface area contributed by atoms with Crippen LogP contribution >= 0.6 is 0 Å². The number of rotatable bonds is 12. The van der Waals surface area contributed by atoms with Crippen LogP contribution in [0.2, 0.25) is 0 Å². The van der Waals surface area contributed by atoms with Gasteiger partial charge in [0, 0.05) is 6.20 Å². The largest absolute Gasteiger partial charge is 0.460 e. The monoisotopic (exact) mass is 478 g/mol. The Morgan fingerprint density at radius 3 is 2.41 bits per heavy atom. The van der Waals surface area contributed by atoms with Crippen molar-refractivity contribution < 1.29 is 39.2 Å². The Labute approximate surface area is 194 Å². The first-order chi connectivity index (χ1) is 16.2. The molecule has 184 valence electrons. The van der Waals surface area contributed by atoms with Gasteiger partial charge in [0.2, 0.25) is 6.41 Å². The summed E-state index contributed by atoms with van der Waals surface area (Å²) in [6.45, 7) is 1.29. The second-order valence-corrected chi connectivity index (χ2v) is 6.94. The third-order valence-corrected chi connectivity index (χ3v) is 4.32. The number of nitrogens with zero attached hydrogens (tertiary/aromatic N) is 3. The van der Waals surface area contributed by atoms with E-state index in [1.54, 1.807) is 12.1 Å². The number of nitrogen functional groups attached to an aromatic ring is 1.